The minimum Gasteiger partial charge on any atom is -0.349 e. The Morgan fingerprint density at radius 1 is 1.07 bits per heavy atom. The molecule has 0 atom stereocenters. The molecule has 0 unspecified atom stereocenters. The molecule has 1 saturated carbocycles. The van der Waals surface area contributed by atoms with Crippen LogP contribution in [-0.4, -0.2) is 27.6 Å². The van der Waals surface area contributed by atoms with Crippen molar-refractivity contribution < 1.29 is 9.59 Å². The zero-order valence-corrected chi connectivity index (χ0v) is 14.8. The molecule has 1 aliphatic carbocycles. The summed E-state index contributed by atoms with van der Waals surface area (Å²) in [7, 11) is 0. The van der Waals surface area contributed by atoms with E-state index in [0.717, 1.165) is 24.1 Å². The van der Waals surface area contributed by atoms with E-state index in [4.69, 9.17) is 0 Å². The van der Waals surface area contributed by atoms with E-state index >= 15 is 0 Å². The van der Waals surface area contributed by atoms with Gasteiger partial charge in [-0.1, -0.05) is 24.3 Å². The summed E-state index contributed by atoms with van der Waals surface area (Å²) in [5.74, 6) is -0.250. The number of hydrogen-bond acceptors (Lipinski definition) is 3. The Labute approximate surface area is 157 Å². The molecule has 2 N–H and O–H groups in total. The van der Waals surface area contributed by atoms with Crippen molar-refractivity contribution >= 4 is 17.5 Å². The lowest BCUT2D eigenvalue weighted by molar-refractivity contribution is -0.115. The minimum absolute atomic E-state index is 0.0993. The Bertz CT molecular complexity index is 961. The van der Waals surface area contributed by atoms with Gasteiger partial charge in [0.2, 0.25) is 5.91 Å². The van der Waals surface area contributed by atoms with Crippen molar-refractivity contribution in [3.8, 4) is 5.69 Å². The highest BCUT2D eigenvalue weighted by Gasteiger charge is 2.23. The summed E-state index contributed by atoms with van der Waals surface area (Å²) in [5.41, 5.74) is 2.92. The average molecular weight is 360 g/mol. The lowest BCUT2D eigenvalue weighted by Crippen LogP contribution is -2.25. The maximum atomic E-state index is 12.3. The standard InChI is InChI=1S/C21H20N4O2/c26-20(11-15-13-22-25(14-15)19-7-2-1-3-8-19)23-18-6-4-5-16(12-18)21(27)24-17-9-10-17/h1-8,12-14,17H,9-11H2,(H,23,26)(H,24,27). The van der Waals surface area contributed by atoms with Crippen LogP contribution < -0.4 is 10.6 Å². The molecular formula is C21H20N4O2. The van der Waals surface area contributed by atoms with Crippen molar-refractivity contribution in [3.63, 3.8) is 0 Å². The first-order valence-corrected chi connectivity index (χ1v) is 8.97. The molecule has 2 aromatic carbocycles. The fraction of sp³-hybridized carbons (Fsp3) is 0.190. The van der Waals surface area contributed by atoms with Gasteiger partial charge in [-0.25, -0.2) is 4.68 Å². The number of rotatable bonds is 6. The number of carbonyl (C=O) groups is 2. The normalized spacial score (nSPS) is 13.2. The second-order valence-electron chi connectivity index (χ2n) is 6.68. The monoisotopic (exact) mass is 360 g/mol. The summed E-state index contributed by atoms with van der Waals surface area (Å²) < 4.78 is 1.74. The molecule has 27 heavy (non-hydrogen) atoms. The van der Waals surface area contributed by atoms with Crippen LogP contribution in [0.5, 0.6) is 0 Å². The van der Waals surface area contributed by atoms with E-state index in [0.29, 0.717) is 17.3 Å². The van der Waals surface area contributed by atoms with Crippen molar-refractivity contribution in [2.24, 2.45) is 0 Å². The van der Waals surface area contributed by atoms with Crippen LogP contribution in [0.4, 0.5) is 5.69 Å². The number of aromatic nitrogens is 2. The molecule has 2 amide bonds. The van der Waals surface area contributed by atoms with Gasteiger partial charge in [0.15, 0.2) is 0 Å². The highest BCUT2D eigenvalue weighted by atomic mass is 16.2. The molecule has 0 bridgehead atoms. The molecule has 4 rings (SSSR count). The van der Waals surface area contributed by atoms with Crippen LogP contribution in [0.1, 0.15) is 28.8 Å². The Morgan fingerprint density at radius 3 is 2.67 bits per heavy atom. The SMILES string of the molecule is O=C(Cc1cnn(-c2ccccc2)c1)Nc1cccc(C(=O)NC2CC2)c1. The highest BCUT2D eigenvalue weighted by Crippen LogP contribution is 2.20. The number of amides is 2. The van der Waals surface area contributed by atoms with Crippen LogP contribution in [0.3, 0.4) is 0 Å². The van der Waals surface area contributed by atoms with Crippen LogP contribution in [0.2, 0.25) is 0 Å². The van der Waals surface area contributed by atoms with E-state index < -0.39 is 0 Å². The molecular weight excluding hydrogens is 340 g/mol. The summed E-state index contributed by atoms with van der Waals surface area (Å²) in [5, 5.41) is 10.1. The smallest absolute Gasteiger partial charge is 0.251 e. The zero-order chi connectivity index (χ0) is 18.6. The number of carbonyl (C=O) groups excluding carboxylic acids is 2. The van der Waals surface area contributed by atoms with Gasteiger partial charge in [0, 0.05) is 23.5 Å². The summed E-state index contributed by atoms with van der Waals surface area (Å²) in [6.07, 6.45) is 5.82. The third-order valence-electron chi connectivity index (χ3n) is 4.34. The van der Waals surface area contributed by atoms with Gasteiger partial charge in [0.05, 0.1) is 18.3 Å². The van der Waals surface area contributed by atoms with E-state index in [2.05, 4.69) is 15.7 Å². The molecule has 0 spiro atoms. The van der Waals surface area contributed by atoms with Crippen LogP contribution in [0.25, 0.3) is 5.69 Å². The molecule has 0 saturated heterocycles. The van der Waals surface area contributed by atoms with Gasteiger partial charge in [-0.2, -0.15) is 5.10 Å². The van der Waals surface area contributed by atoms with E-state index in [1.807, 2.05) is 36.5 Å². The lowest BCUT2D eigenvalue weighted by Gasteiger charge is -2.07. The molecule has 1 fully saturated rings. The van der Waals surface area contributed by atoms with Gasteiger partial charge in [-0.3, -0.25) is 9.59 Å². The van der Waals surface area contributed by atoms with Crippen molar-refractivity contribution in [3.05, 3.63) is 78.1 Å². The third-order valence-corrected chi connectivity index (χ3v) is 4.34. The molecule has 1 aliphatic rings. The molecule has 136 valence electrons. The summed E-state index contributed by atoms with van der Waals surface area (Å²) >= 11 is 0. The summed E-state index contributed by atoms with van der Waals surface area (Å²) in [4.78, 5) is 24.5. The van der Waals surface area contributed by atoms with Gasteiger partial charge < -0.3 is 10.6 Å². The predicted molar refractivity (Wildman–Crippen MR) is 103 cm³/mol. The summed E-state index contributed by atoms with van der Waals surface area (Å²) in [6, 6.07) is 17.0. The largest absolute Gasteiger partial charge is 0.349 e. The topological polar surface area (TPSA) is 76.0 Å². The van der Waals surface area contributed by atoms with Crippen molar-refractivity contribution in [2.45, 2.75) is 25.3 Å². The number of para-hydroxylation sites is 1. The Morgan fingerprint density at radius 2 is 1.89 bits per heavy atom. The Kier molecular flexibility index (Phi) is 4.70. The van der Waals surface area contributed by atoms with E-state index in [1.54, 1.807) is 35.1 Å². The van der Waals surface area contributed by atoms with E-state index in [9.17, 15) is 9.59 Å². The molecule has 3 aromatic rings. The quantitative estimate of drug-likeness (QED) is 0.710. The first-order chi connectivity index (χ1) is 13.2. The van der Waals surface area contributed by atoms with Crippen molar-refractivity contribution in [1.29, 1.82) is 0 Å². The fourth-order valence-electron chi connectivity index (χ4n) is 2.80. The van der Waals surface area contributed by atoms with Gasteiger partial charge in [0.25, 0.3) is 5.91 Å². The van der Waals surface area contributed by atoms with Gasteiger partial charge >= 0.3 is 0 Å². The molecule has 1 aromatic heterocycles. The predicted octanol–water partition coefficient (Wildman–Crippen LogP) is 2.95. The van der Waals surface area contributed by atoms with E-state index in [-0.39, 0.29) is 18.2 Å². The van der Waals surface area contributed by atoms with Gasteiger partial charge in [-0.15, -0.1) is 0 Å². The van der Waals surface area contributed by atoms with E-state index in [1.165, 1.54) is 0 Å². The maximum absolute atomic E-state index is 12.3. The fourth-order valence-corrected chi connectivity index (χ4v) is 2.80. The second kappa shape index (κ2) is 7.45. The minimum atomic E-state index is -0.151. The Balaban J connectivity index is 1.38. The third kappa shape index (κ3) is 4.41. The van der Waals surface area contributed by atoms with Gasteiger partial charge in [-0.05, 0) is 48.7 Å². The first kappa shape index (κ1) is 17.0. The highest BCUT2D eigenvalue weighted by molar-refractivity contribution is 5.97. The first-order valence-electron chi connectivity index (χ1n) is 8.97. The number of nitrogens with one attached hydrogen (secondary N) is 2. The molecule has 6 heteroatoms. The van der Waals surface area contributed by atoms with Crippen LogP contribution in [0, 0.1) is 0 Å². The molecule has 0 aliphatic heterocycles. The number of anilines is 1. The maximum Gasteiger partial charge on any atom is 0.251 e. The average Bonchev–Trinajstić information content (AvgIpc) is 3.37. The Hall–Kier alpha value is -3.41. The van der Waals surface area contributed by atoms with Gasteiger partial charge in [0.1, 0.15) is 0 Å². The van der Waals surface area contributed by atoms with Crippen molar-refractivity contribution in [2.75, 3.05) is 5.32 Å². The summed E-state index contributed by atoms with van der Waals surface area (Å²) in [6.45, 7) is 0. The zero-order valence-electron chi connectivity index (χ0n) is 14.8. The number of benzene rings is 2. The lowest BCUT2D eigenvalue weighted by atomic mass is 10.1. The van der Waals surface area contributed by atoms with Crippen LogP contribution >= 0.6 is 0 Å². The molecule has 1 heterocycles. The molecule has 6 nitrogen and oxygen atoms in total. The number of nitrogens with zero attached hydrogens (tertiary/aromatic N) is 2. The van der Waals surface area contributed by atoms with Crippen molar-refractivity contribution in [1.82, 2.24) is 15.1 Å². The second-order valence-corrected chi connectivity index (χ2v) is 6.68. The number of hydrogen-bond donors (Lipinski definition) is 2. The van der Waals surface area contributed by atoms with Crippen LogP contribution in [-0.2, 0) is 11.2 Å². The molecule has 0 radical (unpaired) electrons. The van der Waals surface area contributed by atoms with Crippen LogP contribution in [0.15, 0.2) is 67.0 Å².